The van der Waals surface area contributed by atoms with E-state index < -0.39 is 10.0 Å². The van der Waals surface area contributed by atoms with E-state index in [9.17, 15) is 8.42 Å². The number of hydrogen-bond acceptors (Lipinski definition) is 4. The van der Waals surface area contributed by atoms with Crippen LogP contribution in [-0.4, -0.2) is 27.7 Å². The van der Waals surface area contributed by atoms with Crippen LogP contribution >= 0.6 is 11.6 Å². The van der Waals surface area contributed by atoms with Crippen LogP contribution in [0.1, 0.15) is 13.3 Å². The van der Waals surface area contributed by atoms with Crippen molar-refractivity contribution in [1.82, 2.24) is 4.72 Å². The maximum Gasteiger partial charge on any atom is 0.242 e. The molecule has 1 fully saturated rings. The molecule has 0 bridgehead atoms. The van der Waals surface area contributed by atoms with Crippen molar-refractivity contribution in [2.75, 3.05) is 18.9 Å². The highest BCUT2D eigenvalue weighted by Crippen LogP contribution is 2.25. The summed E-state index contributed by atoms with van der Waals surface area (Å²) in [6.07, 6.45) is 0.860. The Balaban J connectivity index is 2.17. The predicted molar refractivity (Wildman–Crippen MR) is 74.6 cm³/mol. The van der Waals surface area contributed by atoms with Crippen molar-refractivity contribution >= 4 is 27.3 Å². The van der Waals surface area contributed by atoms with E-state index in [1.165, 1.54) is 18.2 Å². The third-order valence-electron chi connectivity index (χ3n) is 3.26. The Morgan fingerprint density at radius 2 is 2.26 bits per heavy atom. The van der Waals surface area contributed by atoms with Crippen molar-refractivity contribution in [1.29, 1.82) is 0 Å². The maximum atomic E-state index is 12.3. The SMILES string of the molecule is CC(NS(=O)(=O)c1ccc(N)cc1Cl)C1CCOC1. The average molecular weight is 305 g/mol. The van der Waals surface area contributed by atoms with E-state index in [1.54, 1.807) is 0 Å². The van der Waals surface area contributed by atoms with Crippen molar-refractivity contribution in [3.8, 4) is 0 Å². The van der Waals surface area contributed by atoms with E-state index in [4.69, 9.17) is 22.1 Å². The summed E-state index contributed by atoms with van der Waals surface area (Å²) < 4.78 is 32.4. The van der Waals surface area contributed by atoms with Crippen molar-refractivity contribution in [2.45, 2.75) is 24.3 Å². The highest BCUT2D eigenvalue weighted by molar-refractivity contribution is 7.89. The summed E-state index contributed by atoms with van der Waals surface area (Å²) >= 11 is 5.93. The molecule has 1 heterocycles. The first-order chi connectivity index (χ1) is 8.90. The fraction of sp³-hybridized carbons (Fsp3) is 0.500. The van der Waals surface area contributed by atoms with Gasteiger partial charge in [-0.05, 0) is 31.5 Å². The Bertz CT molecular complexity index is 556. The zero-order valence-electron chi connectivity index (χ0n) is 10.6. The van der Waals surface area contributed by atoms with Crippen LogP contribution in [0.5, 0.6) is 0 Å². The topological polar surface area (TPSA) is 81.4 Å². The maximum absolute atomic E-state index is 12.3. The standard InChI is InChI=1S/C12H17ClN2O3S/c1-8(9-4-5-18-7-9)15-19(16,17)12-3-2-10(14)6-11(12)13/h2-3,6,8-9,15H,4-5,7,14H2,1H3. The summed E-state index contributed by atoms with van der Waals surface area (Å²) in [6.45, 7) is 3.10. The molecule has 1 aromatic rings. The van der Waals surface area contributed by atoms with Crippen LogP contribution in [0.2, 0.25) is 5.02 Å². The molecule has 2 atom stereocenters. The molecule has 106 valence electrons. The number of nitrogens with one attached hydrogen (secondary N) is 1. The Hall–Kier alpha value is -0.820. The summed E-state index contributed by atoms with van der Waals surface area (Å²) in [5.41, 5.74) is 5.99. The number of sulfonamides is 1. The monoisotopic (exact) mass is 304 g/mol. The molecule has 0 spiro atoms. The van der Waals surface area contributed by atoms with Crippen LogP contribution in [0.3, 0.4) is 0 Å². The van der Waals surface area contributed by atoms with E-state index in [1.807, 2.05) is 6.92 Å². The molecule has 3 N–H and O–H groups in total. The molecule has 1 aliphatic rings. The molecule has 5 nitrogen and oxygen atoms in total. The Labute approximate surface area is 118 Å². The zero-order valence-corrected chi connectivity index (χ0v) is 12.2. The van der Waals surface area contributed by atoms with Gasteiger partial charge in [0.25, 0.3) is 0 Å². The minimum atomic E-state index is -3.64. The van der Waals surface area contributed by atoms with Gasteiger partial charge >= 0.3 is 0 Å². The predicted octanol–water partition coefficient (Wildman–Crippen LogP) is 1.63. The third kappa shape index (κ3) is 3.39. The summed E-state index contributed by atoms with van der Waals surface area (Å²) in [7, 11) is -3.64. The Morgan fingerprint density at radius 3 is 2.84 bits per heavy atom. The number of halogens is 1. The first kappa shape index (κ1) is 14.6. The van der Waals surface area contributed by atoms with Crippen LogP contribution in [-0.2, 0) is 14.8 Å². The van der Waals surface area contributed by atoms with E-state index in [0.717, 1.165) is 6.42 Å². The number of hydrogen-bond donors (Lipinski definition) is 2. The van der Waals surface area contributed by atoms with Gasteiger partial charge in [-0.15, -0.1) is 0 Å². The van der Waals surface area contributed by atoms with Gasteiger partial charge in [0.2, 0.25) is 10.0 Å². The fourth-order valence-corrected chi connectivity index (χ4v) is 3.95. The van der Waals surface area contributed by atoms with E-state index in [-0.39, 0.29) is 21.9 Å². The van der Waals surface area contributed by atoms with E-state index in [2.05, 4.69) is 4.72 Å². The summed E-state index contributed by atoms with van der Waals surface area (Å²) in [5.74, 6) is 0.197. The van der Waals surface area contributed by atoms with Gasteiger partial charge in [-0.25, -0.2) is 13.1 Å². The summed E-state index contributed by atoms with van der Waals surface area (Å²) in [6, 6.07) is 4.17. The molecule has 1 saturated heterocycles. The second-order valence-corrected chi connectivity index (χ2v) is 6.81. The number of anilines is 1. The lowest BCUT2D eigenvalue weighted by molar-refractivity contribution is 0.180. The van der Waals surface area contributed by atoms with Crippen LogP contribution in [0.15, 0.2) is 23.1 Å². The van der Waals surface area contributed by atoms with Crippen molar-refractivity contribution < 1.29 is 13.2 Å². The number of ether oxygens (including phenoxy) is 1. The molecule has 0 saturated carbocycles. The molecule has 1 aromatic carbocycles. The number of benzene rings is 1. The molecular formula is C12H17ClN2O3S. The van der Waals surface area contributed by atoms with Crippen LogP contribution in [0.25, 0.3) is 0 Å². The van der Waals surface area contributed by atoms with Gasteiger partial charge in [-0.1, -0.05) is 11.6 Å². The summed E-state index contributed by atoms with van der Waals surface area (Å²) in [5, 5.41) is 0.127. The van der Waals surface area contributed by atoms with Gasteiger partial charge in [-0.2, -0.15) is 0 Å². The number of rotatable bonds is 4. The molecule has 7 heteroatoms. The molecular weight excluding hydrogens is 288 g/mol. The smallest absolute Gasteiger partial charge is 0.242 e. The van der Waals surface area contributed by atoms with Gasteiger partial charge in [0, 0.05) is 24.3 Å². The zero-order chi connectivity index (χ0) is 14.0. The molecule has 0 aromatic heterocycles. The Kier molecular flexibility index (Phi) is 4.35. The van der Waals surface area contributed by atoms with Gasteiger partial charge in [0.05, 0.1) is 11.6 Å². The fourth-order valence-electron chi connectivity index (χ4n) is 2.09. The molecule has 2 rings (SSSR count). The van der Waals surface area contributed by atoms with Crippen LogP contribution in [0.4, 0.5) is 5.69 Å². The molecule has 0 aliphatic carbocycles. The van der Waals surface area contributed by atoms with Gasteiger partial charge in [0.15, 0.2) is 0 Å². The van der Waals surface area contributed by atoms with Gasteiger partial charge in [-0.3, -0.25) is 0 Å². The normalized spacial score (nSPS) is 21.5. The largest absolute Gasteiger partial charge is 0.399 e. The Morgan fingerprint density at radius 1 is 1.53 bits per heavy atom. The molecule has 19 heavy (non-hydrogen) atoms. The highest BCUT2D eigenvalue weighted by atomic mass is 35.5. The number of nitrogen functional groups attached to an aromatic ring is 1. The molecule has 2 unspecified atom stereocenters. The van der Waals surface area contributed by atoms with Crippen LogP contribution in [0, 0.1) is 5.92 Å². The molecule has 1 aliphatic heterocycles. The lowest BCUT2D eigenvalue weighted by atomic mass is 10.0. The first-order valence-electron chi connectivity index (χ1n) is 6.05. The summed E-state index contributed by atoms with van der Waals surface area (Å²) in [4.78, 5) is 0.0501. The highest BCUT2D eigenvalue weighted by Gasteiger charge is 2.27. The minimum Gasteiger partial charge on any atom is -0.399 e. The van der Waals surface area contributed by atoms with Crippen molar-refractivity contribution in [3.05, 3.63) is 23.2 Å². The quantitative estimate of drug-likeness (QED) is 0.828. The van der Waals surface area contributed by atoms with Crippen molar-refractivity contribution in [2.24, 2.45) is 5.92 Å². The van der Waals surface area contributed by atoms with Gasteiger partial charge in [0.1, 0.15) is 4.90 Å². The minimum absolute atomic E-state index is 0.0501. The molecule has 0 radical (unpaired) electrons. The lowest BCUT2D eigenvalue weighted by Crippen LogP contribution is -2.38. The second-order valence-electron chi connectivity index (χ2n) is 4.72. The molecule has 0 amide bonds. The lowest BCUT2D eigenvalue weighted by Gasteiger charge is -2.19. The first-order valence-corrected chi connectivity index (χ1v) is 7.91. The van der Waals surface area contributed by atoms with E-state index >= 15 is 0 Å². The number of nitrogens with two attached hydrogens (primary N) is 1. The van der Waals surface area contributed by atoms with Gasteiger partial charge < -0.3 is 10.5 Å². The van der Waals surface area contributed by atoms with E-state index in [0.29, 0.717) is 18.9 Å². The van der Waals surface area contributed by atoms with Crippen LogP contribution < -0.4 is 10.5 Å². The van der Waals surface area contributed by atoms with Crippen molar-refractivity contribution in [3.63, 3.8) is 0 Å². The third-order valence-corrected chi connectivity index (χ3v) is 5.30. The second kappa shape index (κ2) is 5.66. The average Bonchev–Trinajstić information content (AvgIpc) is 2.80.